The summed E-state index contributed by atoms with van der Waals surface area (Å²) in [7, 11) is 1.47. The van der Waals surface area contributed by atoms with Crippen LogP contribution < -0.4 is 5.56 Å². The van der Waals surface area contributed by atoms with Crippen LogP contribution in [0.15, 0.2) is 16.9 Å². The third-order valence-corrected chi connectivity index (χ3v) is 2.46. The van der Waals surface area contributed by atoms with Crippen molar-refractivity contribution < 1.29 is 10.2 Å². The molecule has 0 amide bonds. The highest BCUT2D eigenvalue weighted by molar-refractivity contribution is 6.28. The topological polar surface area (TPSA) is 75.3 Å². The van der Waals surface area contributed by atoms with E-state index >= 15 is 0 Å². The van der Waals surface area contributed by atoms with Gasteiger partial charge in [-0.1, -0.05) is 0 Å². The lowest BCUT2D eigenvalue weighted by atomic mass is 10.2. The van der Waals surface area contributed by atoms with Gasteiger partial charge < -0.3 is 10.2 Å². The van der Waals surface area contributed by atoms with Crippen LogP contribution in [0.1, 0.15) is 0 Å². The highest BCUT2D eigenvalue weighted by Crippen LogP contribution is 2.27. The Balaban J connectivity index is 3.00. The molecule has 2 rings (SSSR count). The Bertz CT molecular complexity index is 601. The van der Waals surface area contributed by atoms with Crippen molar-refractivity contribution in [1.82, 2.24) is 9.55 Å². The number of nitrogens with zero attached hydrogens (tertiary/aromatic N) is 2. The van der Waals surface area contributed by atoms with E-state index in [2.05, 4.69) is 4.98 Å². The highest BCUT2D eigenvalue weighted by Gasteiger charge is 2.09. The Morgan fingerprint density at radius 2 is 1.93 bits per heavy atom. The third kappa shape index (κ3) is 1.41. The summed E-state index contributed by atoms with van der Waals surface area (Å²) in [4.78, 5) is 15.6. The van der Waals surface area contributed by atoms with Crippen LogP contribution in [-0.2, 0) is 7.05 Å². The van der Waals surface area contributed by atoms with Crippen LogP contribution >= 0.6 is 11.6 Å². The minimum absolute atomic E-state index is 0.0255. The number of phenolic OH excluding ortho intramolecular Hbond substituents is 2. The molecule has 5 nitrogen and oxygen atoms in total. The van der Waals surface area contributed by atoms with Gasteiger partial charge in [-0.25, -0.2) is 4.98 Å². The van der Waals surface area contributed by atoms with E-state index < -0.39 is 0 Å². The molecule has 0 aliphatic rings. The van der Waals surface area contributed by atoms with E-state index in [0.29, 0.717) is 0 Å². The number of aromatic nitrogens is 2. The summed E-state index contributed by atoms with van der Waals surface area (Å²) in [5, 5.41) is 18.7. The van der Waals surface area contributed by atoms with E-state index in [1.165, 1.54) is 13.1 Å². The molecule has 0 aliphatic carbocycles. The second kappa shape index (κ2) is 3.13. The van der Waals surface area contributed by atoms with Crippen molar-refractivity contribution in [2.45, 2.75) is 0 Å². The number of halogens is 1. The number of hydrogen-bond donors (Lipinski definition) is 2. The predicted octanol–water partition coefficient (Wildman–Crippen LogP) is 0.998. The minimum Gasteiger partial charge on any atom is -0.504 e. The molecule has 0 aliphatic heterocycles. The van der Waals surface area contributed by atoms with Gasteiger partial charge in [0.15, 0.2) is 11.5 Å². The SMILES string of the molecule is Cn1c(Cl)nc2cc(O)c(O)cc2c1=O. The van der Waals surface area contributed by atoms with Gasteiger partial charge in [-0.3, -0.25) is 9.36 Å². The summed E-state index contributed by atoms with van der Waals surface area (Å²) < 4.78 is 1.15. The van der Waals surface area contributed by atoms with Gasteiger partial charge >= 0.3 is 0 Å². The first-order chi connectivity index (χ1) is 7.00. The van der Waals surface area contributed by atoms with Gasteiger partial charge in [0.2, 0.25) is 5.28 Å². The van der Waals surface area contributed by atoms with Crippen LogP contribution in [0.5, 0.6) is 11.5 Å². The normalized spacial score (nSPS) is 10.8. The molecule has 78 valence electrons. The maximum Gasteiger partial charge on any atom is 0.262 e. The fraction of sp³-hybridized carbons (Fsp3) is 0.111. The van der Waals surface area contributed by atoms with Crippen molar-refractivity contribution in [3.63, 3.8) is 0 Å². The zero-order valence-corrected chi connectivity index (χ0v) is 8.49. The summed E-state index contributed by atoms with van der Waals surface area (Å²) >= 11 is 5.69. The number of hydrogen-bond acceptors (Lipinski definition) is 4. The van der Waals surface area contributed by atoms with Gasteiger partial charge in [-0.2, -0.15) is 0 Å². The molecule has 0 fully saturated rings. The van der Waals surface area contributed by atoms with E-state index in [1.54, 1.807) is 0 Å². The van der Waals surface area contributed by atoms with Crippen molar-refractivity contribution in [2.75, 3.05) is 0 Å². The molecule has 6 heteroatoms. The molecular weight excluding hydrogens is 220 g/mol. The fourth-order valence-electron chi connectivity index (χ4n) is 1.27. The van der Waals surface area contributed by atoms with Gasteiger partial charge in [0.25, 0.3) is 5.56 Å². The molecule has 0 unspecified atom stereocenters. The molecule has 0 radical (unpaired) electrons. The van der Waals surface area contributed by atoms with E-state index in [-0.39, 0.29) is 33.2 Å². The number of rotatable bonds is 0. The molecule has 0 bridgehead atoms. The summed E-state index contributed by atoms with van der Waals surface area (Å²) in [5.41, 5.74) is -0.126. The summed E-state index contributed by atoms with van der Waals surface area (Å²) in [6.45, 7) is 0. The predicted molar refractivity (Wildman–Crippen MR) is 55.3 cm³/mol. The van der Waals surface area contributed by atoms with Crippen LogP contribution in [0.2, 0.25) is 5.28 Å². The first kappa shape index (κ1) is 9.79. The quantitative estimate of drug-likeness (QED) is 0.519. The lowest BCUT2D eigenvalue weighted by molar-refractivity contribution is 0.404. The second-order valence-corrected chi connectivity index (χ2v) is 3.44. The largest absolute Gasteiger partial charge is 0.504 e. The smallest absolute Gasteiger partial charge is 0.262 e. The van der Waals surface area contributed by atoms with Gasteiger partial charge in [0.05, 0.1) is 10.9 Å². The Morgan fingerprint density at radius 1 is 1.33 bits per heavy atom. The van der Waals surface area contributed by atoms with Crippen molar-refractivity contribution >= 4 is 22.5 Å². The molecule has 1 aromatic carbocycles. The molecule has 1 heterocycles. The van der Waals surface area contributed by atoms with Crippen molar-refractivity contribution in [3.8, 4) is 11.5 Å². The lowest BCUT2D eigenvalue weighted by Gasteiger charge is -2.04. The van der Waals surface area contributed by atoms with Crippen LogP contribution in [0.25, 0.3) is 10.9 Å². The van der Waals surface area contributed by atoms with Crippen LogP contribution in [0.3, 0.4) is 0 Å². The molecule has 0 atom stereocenters. The average Bonchev–Trinajstić information content (AvgIpc) is 2.19. The monoisotopic (exact) mass is 226 g/mol. The maximum absolute atomic E-state index is 11.7. The van der Waals surface area contributed by atoms with E-state index in [4.69, 9.17) is 11.6 Å². The Hall–Kier alpha value is -1.75. The van der Waals surface area contributed by atoms with Crippen LogP contribution in [0.4, 0.5) is 0 Å². The first-order valence-corrected chi connectivity index (χ1v) is 4.46. The van der Waals surface area contributed by atoms with Crippen LogP contribution in [-0.4, -0.2) is 19.8 Å². The van der Waals surface area contributed by atoms with E-state index in [9.17, 15) is 15.0 Å². The molecular formula is C9H7ClN2O3. The van der Waals surface area contributed by atoms with Gasteiger partial charge in [-0.05, 0) is 17.7 Å². The zero-order chi connectivity index (χ0) is 11.2. The molecule has 0 saturated carbocycles. The summed E-state index contributed by atoms with van der Waals surface area (Å²) in [5.74, 6) is -0.692. The number of benzene rings is 1. The summed E-state index contributed by atoms with van der Waals surface area (Å²) in [6.07, 6.45) is 0. The summed E-state index contributed by atoms with van der Waals surface area (Å²) in [6, 6.07) is 2.36. The first-order valence-electron chi connectivity index (χ1n) is 4.09. The Labute approximate surface area is 89.2 Å². The van der Waals surface area contributed by atoms with Crippen molar-refractivity contribution in [1.29, 1.82) is 0 Å². The Morgan fingerprint density at radius 3 is 2.60 bits per heavy atom. The Kier molecular flexibility index (Phi) is 2.04. The molecule has 2 N–H and O–H groups in total. The molecule has 1 aromatic heterocycles. The average molecular weight is 227 g/mol. The molecule has 0 saturated heterocycles. The standard InChI is InChI=1S/C9H7ClN2O3/c1-12-8(15)4-2-6(13)7(14)3-5(4)11-9(12)10/h2-3,13-14H,1H3. The number of fused-ring (bicyclic) bond motifs is 1. The van der Waals surface area contributed by atoms with Crippen molar-refractivity contribution in [2.24, 2.45) is 7.05 Å². The number of aromatic hydroxyl groups is 2. The highest BCUT2D eigenvalue weighted by atomic mass is 35.5. The lowest BCUT2D eigenvalue weighted by Crippen LogP contribution is -2.18. The second-order valence-electron chi connectivity index (χ2n) is 3.10. The number of phenols is 2. The minimum atomic E-state index is -0.375. The van der Waals surface area contributed by atoms with E-state index in [1.807, 2.05) is 0 Å². The molecule has 2 aromatic rings. The van der Waals surface area contributed by atoms with Gasteiger partial charge in [0, 0.05) is 13.1 Å². The van der Waals surface area contributed by atoms with Crippen molar-refractivity contribution in [3.05, 3.63) is 27.8 Å². The third-order valence-electron chi connectivity index (χ3n) is 2.12. The van der Waals surface area contributed by atoms with Gasteiger partial charge in [0.1, 0.15) is 0 Å². The molecule has 0 spiro atoms. The maximum atomic E-state index is 11.7. The fourth-order valence-corrected chi connectivity index (χ4v) is 1.44. The van der Waals surface area contributed by atoms with Crippen LogP contribution in [0, 0.1) is 0 Å². The van der Waals surface area contributed by atoms with Gasteiger partial charge in [-0.15, -0.1) is 0 Å². The molecule has 15 heavy (non-hydrogen) atoms. The zero-order valence-electron chi connectivity index (χ0n) is 7.73. The van der Waals surface area contributed by atoms with E-state index in [0.717, 1.165) is 10.6 Å².